The fourth-order valence-electron chi connectivity index (χ4n) is 2.59. The lowest BCUT2D eigenvalue weighted by Gasteiger charge is -2.26. The third kappa shape index (κ3) is 3.75. The first kappa shape index (κ1) is 17.7. The highest BCUT2D eigenvalue weighted by molar-refractivity contribution is 14.1. The van der Waals surface area contributed by atoms with E-state index in [0.717, 1.165) is 3.57 Å². The van der Waals surface area contributed by atoms with E-state index in [9.17, 15) is 9.59 Å². The first-order valence-electron chi connectivity index (χ1n) is 7.78. The number of rotatable bonds is 4. The molecule has 2 aromatic rings. The number of carbonyl (C=O) groups is 1. The lowest BCUT2D eigenvalue weighted by molar-refractivity contribution is -0.132. The van der Waals surface area contributed by atoms with Crippen LogP contribution >= 0.6 is 34.4 Å². The molecule has 0 saturated carbocycles. The number of benzene rings is 1. The fourth-order valence-corrected chi connectivity index (χ4v) is 4.05. The van der Waals surface area contributed by atoms with Crippen molar-refractivity contribution < 1.29 is 9.53 Å². The van der Waals surface area contributed by atoms with Gasteiger partial charge in [-0.1, -0.05) is 11.8 Å². The van der Waals surface area contributed by atoms with Crippen LogP contribution in [0.25, 0.3) is 10.9 Å². The van der Waals surface area contributed by atoms with Gasteiger partial charge in [0, 0.05) is 23.2 Å². The van der Waals surface area contributed by atoms with Gasteiger partial charge in [-0.25, -0.2) is 4.98 Å². The van der Waals surface area contributed by atoms with Crippen molar-refractivity contribution in [1.82, 2.24) is 14.5 Å². The highest BCUT2D eigenvalue weighted by Crippen LogP contribution is 2.20. The summed E-state index contributed by atoms with van der Waals surface area (Å²) in [4.78, 5) is 31.4. The molecular weight excluding hydrogens is 441 g/mol. The number of fused-ring (bicyclic) bond motifs is 1. The van der Waals surface area contributed by atoms with Crippen molar-refractivity contribution in [3.63, 3.8) is 0 Å². The first-order chi connectivity index (χ1) is 11.6. The van der Waals surface area contributed by atoms with Crippen molar-refractivity contribution in [3.05, 3.63) is 32.1 Å². The molecule has 1 aromatic heterocycles. The van der Waals surface area contributed by atoms with Gasteiger partial charge in [0.1, 0.15) is 0 Å². The van der Waals surface area contributed by atoms with Gasteiger partial charge in [-0.2, -0.15) is 0 Å². The van der Waals surface area contributed by atoms with Crippen LogP contribution in [-0.2, 0) is 16.1 Å². The van der Waals surface area contributed by atoms with E-state index in [1.807, 2.05) is 25.1 Å². The zero-order valence-corrected chi connectivity index (χ0v) is 16.3. The number of thioether (sulfide) groups is 1. The predicted molar refractivity (Wildman–Crippen MR) is 103 cm³/mol. The van der Waals surface area contributed by atoms with Crippen LogP contribution in [0.1, 0.15) is 6.92 Å². The molecule has 0 bridgehead atoms. The third-order valence-electron chi connectivity index (χ3n) is 3.89. The standard InChI is InChI=1S/C16H18IN3O3S/c1-2-20-15(22)12-9-11(17)3-4-13(12)18-16(20)24-10-14(21)19-5-7-23-8-6-19/h3-4,9H,2,5-8,10H2,1H3. The van der Waals surface area contributed by atoms with E-state index in [1.54, 1.807) is 9.47 Å². The van der Waals surface area contributed by atoms with E-state index in [2.05, 4.69) is 27.6 Å². The maximum absolute atomic E-state index is 12.7. The quantitative estimate of drug-likeness (QED) is 0.398. The van der Waals surface area contributed by atoms with Gasteiger partial charge in [-0.3, -0.25) is 14.2 Å². The molecule has 1 fully saturated rings. The molecule has 1 aromatic carbocycles. The fraction of sp³-hybridized carbons (Fsp3) is 0.438. The number of amides is 1. The van der Waals surface area contributed by atoms with Crippen molar-refractivity contribution >= 4 is 51.2 Å². The average molecular weight is 459 g/mol. The topological polar surface area (TPSA) is 64.4 Å². The van der Waals surface area contributed by atoms with Crippen LogP contribution in [0.3, 0.4) is 0 Å². The Labute approximate surface area is 157 Å². The Kier molecular flexibility index (Phi) is 5.77. The van der Waals surface area contributed by atoms with E-state index in [-0.39, 0.29) is 17.2 Å². The minimum Gasteiger partial charge on any atom is -0.378 e. The summed E-state index contributed by atoms with van der Waals surface area (Å²) in [6.07, 6.45) is 0. The lowest BCUT2D eigenvalue weighted by atomic mass is 10.2. The van der Waals surface area contributed by atoms with Crippen LogP contribution in [0, 0.1) is 3.57 Å². The Bertz CT molecular complexity index is 818. The Morgan fingerprint density at radius 1 is 1.38 bits per heavy atom. The Hall–Kier alpha value is -1.13. The van der Waals surface area contributed by atoms with E-state index in [1.165, 1.54) is 11.8 Å². The van der Waals surface area contributed by atoms with Crippen molar-refractivity contribution in [3.8, 4) is 0 Å². The van der Waals surface area contributed by atoms with Gasteiger partial charge in [0.25, 0.3) is 5.56 Å². The maximum atomic E-state index is 12.7. The smallest absolute Gasteiger partial charge is 0.262 e. The summed E-state index contributed by atoms with van der Waals surface area (Å²) in [7, 11) is 0. The van der Waals surface area contributed by atoms with Gasteiger partial charge in [-0.15, -0.1) is 0 Å². The Balaban J connectivity index is 1.84. The summed E-state index contributed by atoms with van der Waals surface area (Å²) >= 11 is 3.51. The molecule has 0 atom stereocenters. The van der Waals surface area contributed by atoms with Gasteiger partial charge in [0.2, 0.25) is 5.91 Å². The second-order valence-corrected chi connectivity index (χ2v) is 7.58. The largest absolute Gasteiger partial charge is 0.378 e. The van der Waals surface area contributed by atoms with Crippen LogP contribution in [-0.4, -0.2) is 52.4 Å². The van der Waals surface area contributed by atoms with E-state index in [4.69, 9.17) is 4.74 Å². The molecule has 6 nitrogen and oxygen atoms in total. The van der Waals surface area contributed by atoms with E-state index < -0.39 is 0 Å². The summed E-state index contributed by atoms with van der Waals surface area (Å²) in [6, 6.07) is 5.63. The minimum absolute atomic E-state index is 0.0534. The van der Waals surface area contributed by atoms with Crippen LogP contribution in [0.2, 0.25) is 0 Å². The SMILES string of the molecule is CCn1c(SCC(=O)N2CCOCC2)nc2ccc(I)cc2c1=O. The van der Waals surface area contributed by atoms with Gasteiger partial charge in [0.05, 0.1) is 29.9 Å². The Morgan fingerprint density at radius 3 is 2.83 bits per heavy atom. The zero-order valence-electron chi connectivity index (χ0n) is 13.3. The molecule has 1 saturated heterocycles. The summed E-state index contributed by atoms with van der Waals surface area (Å²) in [5, 5.41) is 1.21. The number of morpholine rings is 1. The molecule has 1 aliphatic heterocycles. The number of halogens is 1. The third-order valence-corrected chi connectivity index (χ3v) is 5.52. The molecule has 0 N–H and O–H groups in total. The molecule has 1 amide bonds. The van der Waals surface area contributed by atoms with Gasteiger partial charge < -0.3 is 9.64 Å². The highest BCUT2D eigenvalue weighted by Gasteiger charge is 2.18. The molecule has 0 unspecified atom stereocenters. The summed E-state index contributed by atoms with van der Waals surface area (Å²) in [6.45, 7) is 4.87. The van der Waals surface area contributed by atoms with Gasteiger partial charge >= 0.3 is 0 Å². The van der Waals surface area contributed by atoms with Crippen molar-refractivity contribution in [2.45, 2.75) is 18.6 Å². The summed E-state index contributed by atoms with van der Waals surface area (Å²) in [5.41, 5.74) is 0.619. The normalized spacial score (nSPS) is 15.0. The van der Waals surface area contributed by atoms with E-state index >= 15 is 0 Å². The second kappa shape index (κ2) is 7.83. The minimum atomic E-state index is -0.0534. The van der Waals surface area contributed by atoms with Crippen molar-refractivity contribution in [2.75, 3.05) is 32.1 Å². The van der Waals surface area contributed by atoms with Crippen molar-refractivity contribution in [2.24, 2.45) is 0 Å². The molecule has 1 aliphatic rings. The molecule has 0 spiro atoms. The molecule has 3 rings (SSSR count). The number of aromatic nitrogens is 2. The molecule has 0 aliphatic carbocycles. The van der Waals surface area contributed by atoms with Crippen LogP contribution < -0.4 is 5.56 Å². The van der Waals surface area contributed by atoms with Crippen LogP contribution in [0.5, 0.6) is 0 Å². The number of nitrogens with zero attached hydrogens (tertiary/aromatic N) is 3. The predicted octanol–water partition coefficient (Wildman–Crippen LogP) is 1.97. The van der Waals surface area contributed by atoms with E-state index in [0.29, 0.717) is 48.9 Å². The van der Waals surface area contributed by atoms with Gasteiger partial charge in [0.15, 0.2) is 5.16 Å². The Morgan fingerprint density at radius 2 is 2.12 bits per heavy atom. The van der Waals surface area contributed by atoms with Crippen LogP contribution in [0.4, 0.5) is 0 Å². The number of carbonyl (C=O) groups excluding carboxylic acids is 1. The maximum Gasteiger partial charge on any atom is 0.262 e. The molecular formula is C16H18IN3O3S. The molecule has 24 heavy (non-hydrogen) atoms. The second-order valence-electron chi connectivity index (χ2n) is 5.39. The molecule has 8 heteroatoms. The van der Waals surface area contributed by atoms with Gasteiger partial charge in [-0.05, 0) is 47.7 Å². The average Bonchev–Trinajstić information content (AvgIpc) is 2.61. The summed E-state index contributed by atoms with van der Waals surface area (Å²) in [5.74, 6) is 0.338. The molecule has 128 valence electrons. The first-order valence-corrected chi connectivity index (χ1v) is 9.85. The van der Waals surface area contributed by atoms with Crippen molar-refractivity contribution in [1.29, 1.82) is 0 Å². The number of ether oxygens (including phenoxy) is 1. The number of hydrogen-bond donors (Lipinski definition) is 0. The summed E-state index contributed by atoms with van der Waals surface area (Å²) < 4.78 is 7.90. The number of hydrogen-bond acceptors (Lipinski definition) is 5. The monoisotopic (exact) mass is 459 g/mol. The molecule has 0 radical (unpaired) electrons. The molecule has 2 heterocycles. The lowest BCUT2D eigenvalue weighted by Crippen LogP contribution is -2.41. The van der Waals surface area contributed by atoms with Crippen LogP contribution in [0.15, 0.2) is 28.2 Å². The highest BCUT2D eigenvalue weighted by atomic mass is 127. The zero-order chi connectivity index (χ0) is 17.1.